The standard InChI is InChI=1S/C19H28N2O6S2/c1-10-12(3)28-16(21-18(24)19(4,5)6)14(10)17(23)27-11(2)15(22)20-13-7-8-29(25,26)9-13/h11,13H,7-9H2,1-6H3,(H,20,22)(H,21,24). The van der Waals surface area contributed by atoms with Crippen molar-refractivity contribution in [1.29, 1.82) is 0 Å². The third-order valence-electron chi connectivity index (χ3n) is 4.73. The number of carbonyl (C=O) groups excluding carboxylic acids is 3. The van der Waals surface area contributed by atoms with Crippen LogP contribution in [0.15, 0.2) is 0 Å². The fourth-order valence-corrected chi connectivity index (χ4v) is 5.47. The van der Waals surface area contributed by atoms with E-state index in [0.717, 1.165) is 4.88 Å². The van der Waals surface area contributed by atoms with Gasteiger partial charge < -0.3 is 15.4 Å². The van der Waals surface area contributed by atoms with Crippen molar-refractivity contribution in [2.24, 2.45) is 5.41 Å². The first kappa shape index (κ1) is 23.3. The minimum absolute atomic E-state index is 0.0380. The van der Waals surface area contributed by atoms with Gasteiger partial charge in [0.05, 0.1) is 17.1 Å². The van der Waals surface area contributed by atoms with Crippen molar-refractivity contribution in [3.63, 3.8) is 0 Å². The quantitative estimate of drug-likeness (QED) is 0.672. The smallest absolute Gasteiger partial charge is 0.342 e. The lowest BCUT2D eigenvalue weighted by Gasteiger charge is -2.19. The third-order valence-corrected chi connectivity index (χ3v) is 7.62. The molecule has 2 heterocycles. The second-order valence-corrected chi connectivity index (χ2v) is 11.8. The number of hydrogen-bond acceptors (Lipinski definition) is 7. The monoisotopic (exact) mass is 444 g/mol. The number of carbonyl (C=O) groups is 3. The largest absolute Gasteiger partial charge is 0.449 e. The van der Waals surface area contributed by atoms with Crippen LogP contribution >= 0.6 is 11.3 Å². The molecule has 2 rings (SSSR count). The molecule has 0 radical (unpaired) electrons. The molecule has 0 aliphatic carbocycles. The molecule has 2 unspecified atom stereocenters. The maximum absolute atomic E-state index is 12.7. The molecule has 1 saturated heterocycles. The van der Waals surface area contributed by atoms with E-state index < -0.39 is 39.3 Å². The fourth-order valence-electron chi connectivity index (χ4n) is 2.75. The summed E-state index contributed by atoms with van der Waals surface area (Å²) < 4.78 is 28.4. The van der Waals surface area contributed by atoms with Crippen LogP contribution in [0.25, 0.3) is 0 Å². The van der Waals surface area contributed by atoms with Gasteiger partial charge in [-0.3, -0.25) is 9.59 Å². The number of sulfone groups is 1. The summed E-state index contributed by atoms with van der Waals surface area (Å²) in [7, 11) is -3.13. The first-order valence-electron chi connectivity index (χ1n) is 9.34. The summed E-state index contributed by atoms with van der Waals surface area (Å²) in [6, 6.07) is -0.472. The summed E-state index contributed by atoms with van der Waals surface area (Å²) in [5.41, 5.74) is 0.272. The lowest BCUT2D eigenvalue weighted by Crippen LogP contribution is -2.42. The van der Waals surface area contributed by atoms with Crippen molar-refractivity contribution in [3.05, 3.63) is 16.0 Å². The van der Waals surface area contributed by atoms with Crippen LogP contribution in [0.2, 0.25) is 0 Å². The van der Waals surface area contributed by atoms with Crippen LogP contribution in [-0.2, 0) is 24.2 Å². The average Bonchev–Trinajstić information content (AvgIpc) is 3.05. The first-order valence-corrected chi connectivity index (χ1v) is 12.0. The summed E-state index contributed by atoms with van der Waals surface area (Å²) in [5, 5.41) is 5.78. The average molecular weight is 445 g/mol. The van der Waals surface area contributed by atoms with E-state index in [2.05, 4.69) is 10.6 Å². The van der Waals surface area contributed by atoms with E-state index in [9.17, 15) is 22.8 Å². The Kier molecular flexibility index (Phi) is 6.79. The van der Waals surface area contributed by atoms with Gasteiger partial charge in [-0.25, -0.2) is 13.2 Å². The number of rotatable bonds is 5. The molecule has 0 bridgehead atoms. The highest BCUT2D eigenvalue weighted by atomic mass is 32.2. The molecular weight excluding hydrogens is 416 g/mol. The Bertz CT molecular complexity index is 927. The summed E-state index contributed by atoms with van der Waals surface area (Å²) in [6.45, 7) is 10.3. The van der Waals surface area contributed by atoms with Crippen molar-refractivity contribution in [2.75, 3.05) is 16.8 Å². The van der Waals surface area contributed by atoms with Gasteiger partial charge in [-0.2, -0.15) is 0 Å². The van der Waals surface area contributed by atoms with E-state index in [-0.39, 0.29) is 23.0 Å². The van der Waals surface area contributed by atoms with Gasteiger partial charge in [-0.1, -0.05) is 20.8 Å². The van der Waals surface area contributed by atoms with Crippen LogP contribution in [0, 0.1) is 19.3 Å². The predicted octanol–water partition coefficient (Wildman–Crippen LogP) is 2.20. The molecule has 2 atom stereocenters. The second-order valence-electron chi connectivity index (χ2n) is 8.35. The molecule has 1 aliphatic heterocycles. The Labute approximate surface area is 175 Å². The second kappa shape index (κ2) is 8.43. The molecule has 162 valence electrons. The molecule has 0 saturated carbocycles. The van der Waals surface area contributed by atoms with Crippen molar-refractivity contribution in [1.82, 2.24) is 5.32 Å². The van der Waals surface area contributed by atoms with Gasteiger partial charge >= 0.3 is 5.97 Å². The van der Waals surface area contributed by atoms with Gasteiger partial charge in [-0.15, -0.1) is 11.3 Å². The SMILES string of the molecule is Cc1sc(NC(=O)C(C)(C)C)c(C(=O)OC(C)C(=O)NC2CCS(=O)(=O)C2)c1C. The van der Waals surface area contributed by atoms with Gasteiger partial charge in [0, 0.05) is 16.3 Å². The number of nitrogens with one attached hydrogen (secondary N) is 2. The van der Waals surface area contributed by atoms with Gasteiger partial charge in [-0.05, 0) is 32.8 Å². The molecule has 1 aromatic rings. The maximum atomic E-state index is 12.7. The molecule has 10 heteroatoms. The minimum Gasteiger partial charge on any atom is -0.449 e. The Morgan fingerprint density at radius 3 is 2.34 bits per heavy atom. The summed E-state index contributed by atoms with van der Waals surface area (Å²) in [4.78, 5) is 38.2. The third kappa shape index (κ3) is 5.79. The van der Waals surface area contributed by atoms with Crippen molar-refractivity contribution < 1.29 is 27.5 Å². The highest BCUT2D eigenvalue weighted by molar-refractivity contribution is 7.91. The topological polar surface area (TPSA) is 119 Å². The molecular formula is C19H28N2O6S2. The fraction of sp³-hybridized carbons (Fsp3) is 0.632. The summed E-state index contributed by atoms with van der Waals surface area (Å²) in [5.74, 6) is -1.56. The Hall–Kier alpha value is -1.94. The Morgan fingerprint density at radius 1 is 1.21 bits per heavy atom. The molecule has 0 aromatic carbocycles. The first-order chi connectivity index (χ1) is 13.2. The normalized spacial score (nSPS) is 19.4. The van der Waals surface area contributed by atoms with E-state index in [0.29, 0.717) is 17.0 Å². The lowest BCUT2D eigenvalue weighted by atomic mass is 9.96. The molecule has 0 spiro atoms. The van der Waals surface area contributed by atoms with E-state index in [1.54, 1.807) is 27.7 Å². The molecule has 2 amide bonds. The zero-order valence-electron chi connectivity index (χ0n) is 17.5. The van der Waals surface area contributed by atoms with Crippen molar-refractivity contribution in [2.45, 2.75) is 60.1 Å². The number of amides is 2. The van der Waals surface area contributed by atoms with E-state index in [4.69, 9.17) is 4.74 Å². The zero-order valence-corrected chi connectivity index (χ0v) is 19.2. The van der Waals surface area contributed by atoms with Gasteiger partial charge in [0.2, 0.25) is 5.91 Å². The van der Waals surface area contributed by atoms with Crippen LogP contribution in [0.5, 0.6) is 0 Å². The van der Waals surface area contributed by atoms with Crippen LogP contribution in [-0.4, -0.2) is 49.9 Å². The number of thiophene rings is 1. The highest BCUT2D eigenvalue weighted by Crippen LogP contribution is 2.34. The predicted molar refractivity (Wildman–Crippen MR) is 112 cm³/mol. The van der Waals surface area contributed by atoms with E-state index >= 15 is 0 Å². The van der Waals surface area contributed by atoms with Gasteiger partial charge in [0.15, 0.2) is 15.9 Å². The van der Waals surface area contributed by atoms with Crippen LogP contribution < -0.4 is 10.6 Å². The number of aryl methyl sites for hydroxylation is 1. The molecule has 8 nitrogen and oxygen atoms in total. The van der Waals surface area contributed by atoms with Gasteiger partial charge in [0.1, 0.15) is 5.00 Å². The van der Waals surface area contributed by atoms with Crippen LogP contribution in [0.1, 0.15) is 54.9 Å². The van der Waals surface area contributed by atoms with E-state index in [1.807, 2.05) is 6.92 Å². The summed E-state index contributed by atoms with van der Waals surface area (Å²) >= 11 is 1.28. The summed E-state index contributed by atoms with van der Waals surface area (Å²) in [6.07, 6.45) is -0.753. The molecule has 29 heavy (non-hydrogen) atoms. The van der Waals surface area contributed by atoms with Crippen molar-refractivity contribution >= 4 is 44.0 Å². The number of esters is 1. The molecule has 1 aromatic heterocycles. The van der Waals surface area contributed by atoms with Gasteiger partial charge in [0.25, 0.3) is 5.91 Å². The van der Waals surface area contributed by atoms with Crippen molar-refractivity contribution in [3.8, 4) is 0 Å². The highest BCUT2D eigenvalue weighted by Gasteiger charge is 2.32. The maximum Gasteiger partial charge on any atom is 0.342 e. The number of anilines is 1. The van der Waals surface area contributed by atoms with Crippen LogP contribution in [0.3, 0.4) is 0 Å². The number of hydrogen-bond donors (Lipinski definition) is 2. The Morgan fingerprint density at radius 2 is 1.83 bits per heavy atom. The van der Waals surface area contributed by atoms with Crippen LogP contribution in [0.4, 0.5) is 5.00 Å². The minimum atomic E-state index is -3.13. The van der Waals surface area contributed by atoms with E-state index in [1.165, 1.54) is 18.3 Å². The lowest BCUT2D eigenvalue weighted by molar-refractivity contribution is -0.129. The molecule has 2 N–H and O–H groups in total. The number of ether oxygens (including phenoxy) is 1. The molecule has 1 fully saturated rings. The zero-order chi connectivity index (χ0) is 22.1. The molecule has 1 aliphatic rings. The Balaban J connectivity index is 2.09.